The van der Waals surface area contributed by atoms with Crippen molar-refractivity contribution < 1.29 is 14.3 Å². The number of anilines is 3. The van der Waals surface area contributed by atoms with E-state index in [9.17, 15) is 9.59 Å². The van der Waals surface area contributed by atoms with Crippen LogP contribution in [0, 0.1) is 0 Å². The lowest BCUT2D eigenvalue weighted by Crippen LogP contribution is -2.27. The first-order chi connectivity index (χ1) is 15.2. The molecule has 0 bridgehead atoms. The van der Waals surface area contributed by atoms with Crippen molar-refractivity contribution >= 4 is 28.9 Å². The summed E-state index contributed by atoms with van der Waals surface area (Å²) in [4.78, 5) is 27.2. The number of carbonyl (C=O) groups excluding carboxylic acids is 2. The topological polar surface area (TPSA) is 58.6 Å². The number of ether oxygens (including phenoxy) is 1. The molecule has 0 aliphatic carbocycles. The third-order valence-electron chi connectivity index (χ3n) is 5.44. The summed E-state index contributed by atoms with van der Waals surface area (Å²) < 4.78 is 5.49. The summed E-state index contributed by atoms with van der Waals surface area (Å²) in [6.45, 7) is 7.94. The molecule has 1 atom stereocenters. The van der Waals surface area contributed by atoms with Gasteiger partial charge in [-0.1, -0.05) is 36.4 Å². The average Bonchev–Trinajstić information content (AvgIpc) is 3.09. The fourth-order valence-corrected chi connectivity index (χ4v) is 3.74. The van der Waals surface area contributed by atoms with E-state index < -0.39 is 5.60 Å². The largest absolute Gasteiger partial charge is 0.460 e. The number of amides is 1. The van der Waals surface area contributed by atoms with Crippen molar-refractivity contribution in [2.75, 3.05) is 10.2 Å². The van der Waals surface area contributed by atoms with Gasteiger partial charge in [0.15, 0.2) is 0 Å². The number of esters is 1. The predicted molar refractivity (Wildman–Crippen MR) is 127 cm³/mol. The molecule has 1 heterocycles. The van der Waals surface area contributed by atoms with Gasteiger partial charge in [0, 0.05) is 22.6 Å². The number of fused-ring (bicyclic) bond motifs is 1. The van der Waals surface area contributed by atoms with Crippen LogP contribution in [-0.2, 0) is 16.1 Å². The first kappa shape index (κ1) is 21.6. The van der Waals surface area contributed by atoms with Crippen LogP contribution in [-0.4, -0.2) is 17.5 Å². The molecule has 1 aliphatic rings. The molecule has 32 heavy (non-hydrogen) atoms. The molecule has 4 rings (SSSR count). The van der Waals surface area contributed by atoms with Gasteiger partial charge in [0.1, 0.15) is 5.60 Å². The van der Waals surface area contributed by atoms with E-state index in [1.165, 1.54) is 0 Å². The Morgan fingerprint density at radius 2 is 1.66 bits per heavy atom. The number of para-hydroxylation sites is 1. The van der Waals surface area contributed by atoms with Gasteiger partial charge in [0.25, 0.3) is 5.91 Å². The van der Waals surface area contributed by atoms with Gasteiger partial charge in [-0.2, -0.15) is 0 Å². The Hall–Kier alpha value is -3.60. The molecular formula is C27H28N2O3. The van der Waals surface area contributed by atoms with Gasteiger partial charge >= 0.3 is 5.97 Å². The smallest absolute Gasteiger partial charge is 0.313 e. The summed E-state index contributed by atoms with van der Waals surface area (Å²) in [6.07, 6.45) is 0. The summed E-state index contributed by atoms with van der Waals surface area (Å²) in [5.41, 5.74) is 4.71. The predicted octanol–water partition coefficient (Wildman–Crippen LogP) is 6.04. The Balaban J connectivity index is 1.48. The number of carbonyl (C=O) groups is 2. The minimum Gasteiger partial charge on any atom is -0.460 e. The highest BCUT2D eigenvalue weighted by molar-refractivity contribution is 6.10. The van der Waals surface area contributed by atoms with Gasteiger partial charge in [-0.25, -0.2) is 0 Å². The van der Waals surface area contributed by atoms with Crippen molar-refractivity contribution in [3.8, 4) is 0 Å². The second-order valence-corrected chi connectivity index (χ2v) is 9.10. The molecule has 1 unspecified atom stereocenters. The Bertz CT molecular complexity index is 1130. The van der Waals surface area contributed by atoms with Crippen LogP contribution >= 0.6 is 0 Å². The minimum absolute atomic E-state index is 0.0235. The van der Waals surface area contributed by atoms with E-state index in [-0.39, 0.29) is 17.8 Å². The number of hydrogen-bond donors (Lipinski definition) is 1. The molecule has 0 saturated heterocycles. The number of nitrogens with one attached hydrogen (secondary N) is 1. The molecule has 0 saturated carbocycles. The van der Waals surface area contributed by atoms with Crippen LogP contribution in [0.15, 0.2) is 72.8 Å². The molecule has 0 radical (unpaired) electrons. The first-order valence-electron chi connectivity index (χ1n) is 10.8. The van der Waals surface area contributed by atoms with E-state index in [2.05, 4.69) is 5.32 Å². The summed E-state index contributed by atoms with van der Waals surface area (Å²) in [7, 11) is 0. The van der Waals surface area contributed by atoms with E-state index in [1.54, 1.807) is 4.90 Å². The van der Waals surface area contributed by atoms with E-state index in [1.807, 2.05) is 100 Å². The molecule has 0 spiro atoms. The summed E-state index contributed by atoms with van der Waals surface area (Å²) in [6, 6.07) is 23.3. The van der Waals surface area contributed by atoms with E-state index in [4.69, 9.17) is 4.74 Å². The highest BCUT2D eigenvalue weighted by Gasteiger charge is 2.29. The van der Waals surface area contributed by atoms with Crippen LogP contribution in [0.25, 0.3) is 0 Å². The lowest BCUT2D eigenvalue weighted by Gasteiger charge is -2.23. The number of hydrogen-bond acceptors (Lipinski definition) is 4. The maximum Gasteiger partial charge on any atom is 0.313 e. The molecule has 0 aromatic heterocycles. The zero-order chi connectivity index (χ0) is 22.9. The van der Waals surface area contributed by atoms with Gasteiger partial charge in [0.05, 0.1) is 12.5 Å². The molecule has 3 aromatic carbocycles. The maximum atomic E-state index is 13.1. The SMILES string of the molecule is CC(C(=O)OC(C)(C)C)c1ccc(N2Cc3ccc(Nc4ccccc4)cc3C2=O)cc1. The molecule has 1 amide bonds. The van der Waals surface area contributed by atoms with Crippen molar-refractivity contribution in [3.63, 3.8) is 0 Å². The summed E-state index contributed by atoms with van der Waals surface area (Å²) >= 11 is 0. The standard InChI is InChI=1S/C27H28N2O3/c1-18(26(31)32-27(2,3)4)19-11-14-23(15-12-19)29-17-20-10-13-22(16-24(20)25(29)30)28-21-8-6-5-7-9-21/h5-16,18,28H,17H2,1-4H3. The zero-order valence-electron chi connectivity index (χ0n) is 18.9. The van der Waals surface area contributed by atoms with Crippen LogP contribution in [0.2, 0.25) is 0 Å². The molecule has 3 aromatic rings. The van der Waals surface area contributed by atoms with Crippen LogP contribution in [0.4, 0.5) is 17.1 Å². The molecule has 0 fully saturated rings. The maximum absolute atomic E-state index is 13.1. The Labute approximate surface area is 189 Å². The zero-order valence-corrected chi connectivity index (χ0v) is 18.9. The van der Waals surface area contributed by atoms with E-state index in [0.717, 1.165) is 28.2 Å². The van der Waals surface area contributed by atoms with Crippen LogP contribution in [0.1, 0.15) is 55.1 Å². The van der Waals surface area contributed by atoms with Crippen LogP contribution in [0.3, 0.4) is 0 Å². The average molecular weight is 429 g/mol. The molecule has 1 N–H and O–H groups in total. The van der Waals surface area contributed by atoms with E-state index in [0.29, 0.717) is 12.1 Å². The lowest BCUT2D eigenvalue weighted by atomic mass is 10.0. The Kier molecular flexibility index (Phi) is 5.74. The molecule has 164 valence electrons. The quantitative estimate of drug-likeness (QED) is 0.504. The summed E-state index contributed by atoms with van der Waals surface area (Å²) in [5, 5.41) is 3.34. The fourth-order valence-electron chi connectivity index (χ4n) is 3.74. The highest BCUT2D eigenvalue weighted by atomic mass is 16.6. The van der Waals surface area contributed by atoms with Crippen LogP contribution in [0.5, 0.6) is 0 Å². The van der Waals surface area contributed by atoms with Crippen molar-refractivity contribution in [2.45, 2.75) is 45.8 Å². The minimum atomic E-state index is -0.521. The molecule has 1 aliphatic heterocycles. The summed E-state index contributed by atoms with van der Waals surface area (Å²) in [5.74, 6) is -0.653. The van der Waals surface area contributed by atoms with Gasteiger partial charge in [-0.05, 0) is 75.2 Å². The van der Waals surface area contributed by atoms with E-state index >= 15 is 0 Å². The van der Waals surface area contributed by atoms with Crippen molar-refractivity contribution in [1.29, 1.82) is 0 Å². The third-order valence-corrected chi connectivity index (χ3v) is 5.44. The number of nitrogens with zero attached hydrogens (tertiary/aromatic N) is 1. The van der Waals surface area contributed by atoms with Crippen molar-refractivity contribution in [1.82, 2.24) is 0 Å². The lowest BCUT2D eigenvalue weighted by molar-refractivity contribution is -0.156. The second-order valence-electron chi connectivity index (χ2n) is 9.10. The number of benzene rings is 3. The normalized spacial score (nSPS) is 14.1. The van der Waals surface area contributed by atoms with Gasteiger partial charge in [-0.3, -0.25) is 9.59 Å². The highest BCUT2D eigenvalue weighted by Crippen LogP contribution is 2.32. The molecule has 5 nitrogen and oxygen atoms in total. The molecular weight excluding hydrogens is 400 g/mol. The number of rotatable bonds is 5. The third kappa shape index (κ3) is 4.67. The van der Waals surface area contributed by atoms with Gasteiger partial charge in [-0.15, -0.1) is 0 Å². The Morgan fingerprint density at radius 3 is 2.31 bits per heavy atom. The Morgan fingerprint density at radius 1 is 0.969 bits per heavy atom. The van der Waals surface area contributed by atoms with Gasteiger partial charge in [0.2, 0.25) is 0 Å². The molecule has 5 heteroatoms. The second kappa shape index (κ2) is 8.50. The van der Waals surface area contributed by atoms with Crippen molar-refractivity contribution in [2.24, 2.45) is 0 Å². The van der Waals surface area contributed by atoms with Crippen molar-refractivity contribution in [3.05, 3.63) is 89.5 Å². The monoisotopic (exact) mass is 428 g/mol. The van der Waals surface area contributed by atoms with Crippen LogP contribution < -0.4 is 10.2 Å². The fraction of sp³-hybridized carbons (Fsp3) is 0.259. The van der Waals surface area contributed by atoms with Gasteiger partial charge < -0.3 is 15.0 Å². The first-order valence-corrected chi connectivity index (χ1v) is 10.8.